The number of fused-ring (bicyclic) bond motifs is 1. The molecule has 0 bridgehead atoms. The third-order valence-corrected chi connectivity index (χ3v) is 1.98. The van der Waals surface area contributed by atoms with Crippen LogP contribution < -0.4 is 5.43 Å². The molecule has 2 heterocycles. The molecule has 0 saturated heterocycles. The van der Waals surface area contributed by atoms with Crippen molar-refractivity contribution in [3.05, 3.63) is 42.4 Å². The maximum Gasteiger partial charge on any atom is 0.248 e. The normalized spacial score (nSPS) is 14.4. The molecular formula is C10H6N3O. The highest BCUT2D eigenvalue weighted by Crippen LogP contribution is 2.16. The standard InChI is InChI=1S/C10H6N3O/c1-2-4-9-7(3-1)12-10(14-9)8-5-6-11-13-8/h1-6H. The fourth-order valence-corrected chi connectivity index (χ4v) is 1.33. The summed E-state index contributed by atoms with van der Waals surface area (Å²) in [5.74, 6) is 0.517. The van der Waals surface area contributed by atoms with Crippen LogP contribution in [0.2, 0.25) is 0 Å². The molecule has 14 heavy (non-hydrogen) atoms. The van der Waals surface area contributed by atoms with E-state index in [2.05, 4.69) is 15.5 Å². The molecule has 1 aliphatic rings. The Bertz CT molecular complexity index is 506. The molecule has 0 unspecified atom stereocenters. The minimum atomic E-state index is 0.517. The van der Waals surface area contributed by atoms with E-state index in [1.54, 1.807) is 12.3 Å². The van der Waals surface area contributed by atoms with Gasteiger partial charge in [0.2, 0.25) is 5.89 Å². The number of allylic oxidation sites excluding steroid dienone is 1. The third kappa shape index (κ3) is 1.01. The first-order valence-electron chi connectivity index (χ1n) is 4.24. The van der Waals surface area contributed by atoms with Gasteiger partial charge < -0.3 is 4.42 Å². The second-order valence-corrected chi connectivity index (χ2v) is 2.90. The van der Waals surface area contributed by atoms with E-state index in [9.17, 15) is 0 Å². The zero-order chi connectivity index (χ0) is 9.38. The number of oxazole rings is 1. The van der Waals surface area contributed by atoms with Gasteiger partial charge in [0.25, 0.3) is 0 Å². The summed E-state index contributed by atoms with van der Waals surface area (Å²) in [6, 6.07) is 7.61. The Balaban J connectivity index is 2.19. The molecule has 0 fully saturated rings. The van der Waals surface area contributed by atoms with Crippen molar-refractivity contribution in [3.8, 4) is 0 Å². The van der Waals surface area contributed by atoms with Crippen LogP contribution in [0.1, 0.15) is 5.89 Å². The van der Waals surface area contributed by atoms with Gasteiger partial charge in [-0.2, -0.15) is 5.43 Å². The van der Waals surface area contributed by atoms with Crippen molar-refractivity contribution in [3.63, 3.8) is 0 Å². The zero-order valence-corrected chi connectivity index (χ0v) is 7.21. The minimum Gasteiger partial charge on any atom is -0.435 e. The quantitative estimate of drug-likeness (QED) is 0.676. The van der Waals surface area contributed by atoms with Crippen LogP contribution in [0.3, 0.4) is 0 Å². The highest BCUT2D eigenvalue weighted by Gasteiger charge is 2.12. The van der Waals surface area contributed by atoms with Crippen molar-refractivity contribution in [2.75, 3.05) is 0 Å². The van der Waals surface area contributed by atoms with Crippen LogP contribution in [-0.2, 0) is 0 Å². The minimum absolute atomic E-state index is 0.517. The molecule has 3 rings (SSSR count). The van der Waals surface area contributed by atoms with Crippen molar-refractivity contribution in [1.29, 1.82) is 0 Å². The van der Waals surface area contributed by atoms with Gasteiger partial charge in [0.1, 0.15) is 11.2 Å². The van der Waals surface area contributed by atoms with E-state index in [4.69, 9.17) is 4.42 Å². The monoisotopic (exact) mass is 184 g/mol. The summed E-state index contributed by atoms with van der Waals surface area (Å²) in [4.78, 5) is 4.29. The topological polar surface area (TPSA) is 52.5 Å². The average Bonchev–Trinajstić information content (AvgIpc) is 2.86. The summed E-state index contributed by atoms with van der Waals surface area (Å²) in [7, 11) is 0. The number of benzene rings is 1. The number of para-hydroxylation sites is 2. The highest BCUT2D eigenvalue weighted by atomic mass is 16.3. The van der Waals surface area contributed by atoms with Crippen LogP contribution in [0.5, 0.6) is 0 Å². The van der Waals surface area contributed by atoms with E-state index in [0.717, 1.165) is 11.1 Å². The molecule has 67 valence electrons. The van der Waals surface area contributed by atoms with Gasteiger partial charge in [-0.3, -0.25) is 0 Å². The first-order chi connectivity index (χ1) is 6.93. The van der Waals surface area contributed by atoms with Gasteiger partial charge in [0.05, 0.1) is 6.20 Å². The molecule has 4 nitrogen and oxygen atoms in total. The Kier molecular flexibility index (Phi) is 1.41. The van der Waals surface area contributed by atoms with E-state index < -0.39 is 0 Å². The molecule has 0 spiro atoms. The molecule has 0 N–H and O–H groups in total. The number of rotatable bonds is 1. The molecule has 0 atom stereocenters. The summed E-state index contributed by atoms with van der Waals surface area (Å²) in [6.45, 7) is 0. The molecule has 1 aromatic heterocycles. The Morgan fingerprint density at radius 2 is 2.07 bits per heavy atom. The van der Waals surface area contributed by atoms with Crippen molar-refractivity contribution >= 4 is 16.8 Å². The maximum absolute atomic E-state index is 5.50. The first kappa shape index (κ1) is 7.32. The van der Waals surface area contributed by atoms with Crippen LogP contribution in [0.4, 0.5) is 0 Å². The number of nitrogens with zero attached hydrogens (tertiary/aromatic N) is 3. The van der Waals surface area contributed by atoms with E-state index >= 15 is 0 Å². The summed E-state index contributed by atoms with van der Waals surface area (Å²) in [5, 5.41) is 3.88. The fourth-order valence-electron chi connectivity index (χ4n) is 1.33. The van der Waals surface area contributed by atoms with Gasteiger partial charge >= 0.3 is 0 Å². The first-order valence-corrected chi connectivity index (χ1v) is 4.24. The lowest BCUT2D eigenvalue weighted by atomic mass is 10.3. The van der Waals surface area contributed by atoms with Crippen molar-refractivity contribution < 1.29 is 4.42 Å². The molecule has 0 saturated carbocycles. The van der Waals surface area contributed by atoms with Crippen molar-refractivity contribution in [1.82, 2.24) is 10.4 Å². The van der Waals surface area contributed by atoms with Crippen LogP contribution in [-0.4, -0.2) is 10.7 Å². The van der Waals surface area contributed by atoms with E-state index in [0.29, 0.717) is 11.6 Å². The Morgan fingerprint density at radius 3 is 2.86 bits per heavy atom. The average molecular weight is 184 g/mol. The second kappa shape index (κ2) is 2.70. The summed E-state index contributed by atoms with van der Waals surface area (Å²) < 4.78 is 5.50. The Hall–Kier alpha value is -2.10. The van der Waals surface area contributed by atoms with Crippen LogP contribution >= 0.6 is 0 Å². The fraction of sp³-hybridized carbons (Fsp3) is 0. The molecular weight excluding hydrogens is 178 g/mol. The van der Waals surface area contributed by atoms with Gasteiger partial charge in [-0.15, -0.1) is 5.10 Å². The van der Waals surface area contributed by atoms with Crippen molar-refractivity contribution in [2.45, 2.75) is 0 Å². The molecule has 0 aliphatic carbocycles. The lowest BCUT2D eigenvalue weighted by Crippen LogP contribution is -1.93. The summed E-state index contributed by atoms with van der Waals surface area (Å²) >= 11 is 0. The van der Waals surface area contributed by atoms with Gasteiger partial charge in [-0.1, -0.05) is 12.1 Å². The van der Waals surface area contributed by atoms with Gasteiger partial charge in [-0.05, 0) is 18.2 Å². The number of hydrogen-bond donors (Lipinski definition) is 0. The molecule has 2 aromatic rings. The molecule has 1 radical (unpaired) electrons. The van der Waals surface area contributed by atoms with E-state index in [1.807, 2.05) is 24.3 Å². The highest BCUT2D eigenvalue weighted by molar-refractivity contribution is 6.07. The second-order valence-electron chi connectivity index (χ2n) is 2.90. The van der Waals surface area contributed by atoms with Gasteiger partial charge in [0, 0.05) is 0 Å². The van der Waals surface area contributed by atoms with Crippen molar-refractivity contribution in [2.24, 2.45) is 5.10 Å². The predicted octanol–water partition coefficient (Wildman–Crippen LogP) is 1.66. The lowest BCUT2D eigenvalue weighted by molar-refractivity contribution is 0.590. The van der Waals surface area contributed by atoms with Gasteiger partial charge in [0.15, 0.2) is 5.58 Å². The maximum atomic E-state index is 5.50. The van der Waals surface area contributed by atoms with E-state index in [-0.39, 0.29) is 0 Å². The Labute approximate surface area is 79.9 Å². The van der Waals surface area contributed by atoms with Crippen LogP contribution in [0, 0.1) is 0 Å². The summed E-state index contributed by atoms with van der Waals surface area (Å²) in [6.07, 6.45) is 3.38. The molecule has 1 aromatic carbocycles. The van der Waals surface area contributed by atoms with Gasteiger partial charge in [-0.25, -0.2) is 4.98 Å². The third-order valence-electron chi connectivity index (χ3n) is 1.98. The Morgan fingerprint density at radius 1 is 1.14 bits per heavy atom. The SMILES string of the molecule is C1=CC(c2nc3ccccc3o2)=N[N]1. The zero-order valence-electron chi connectivity index (χ0n) is 7.21. The predicted molar refractivity (Wildman–Crippen MR) is 51.8 cm³/mol. The smallest absolute Gasteiger partial charge is 0.248 e. The molecule has 0 amide bonds. The van der Waals surface area contributed by atoms with E-state index in [1.165, 1.54) is 0 Å². The molecule has 4 heteroatoms. The van der Waals surface area contributed by atoms with Crippen LogP contribution in [0.15, 0.2) is 46.1 Å². The lowest BCUT2D eigenvalue weighted by Gasteiger charge is -1.85. The summed E-state index contributed by atoms with van der Waals surface area (Å²) in [5.41, 5.74) is 5.99. The van der Waals surface area contributed by atoms with Crippen LogP contribution in [0.25, 0.3) is 11.1 Å². The largest absolute Gasteiger partial charge is 0.435 e. The number of aromatic nitrogens is 1. The molecule has 1 aliphatic heterocycles. The number of hydrogen-bond acceptors (Lipinski definition) is 3.